The van der Waals surface area contributed by atoms with Crippen LogP contribution in [0.4, 0.5) is 0 Å². The first-order valence-electron chi connectivity index (χ1n) is 8.22. The molecule has 0 amide bonds. The fraction of sp³-hybridized carbons (Fsp3) is 0. The lowest BCUT2D eigenvalue weighted by Crippen LogP contribution is -2.07. The highest BCUT2D eigenvalue weighted by Crippen LogP contribution is 2.33. The molecule has 3 aromatic heterocycles. The topological polar surface area (TPSA) is 67.9 Å². The van der Waals surface area contributed by atoms with Crippen molar-refractivity contribution in [2.75, 3.05) is 0 Å². The number of aromatic amines is 1. The van der Waals surface area contributed by atoms with Gasteiger partial charge in [-0.3, -0.25) is 9.78 Å². The third-order valence-corrected chi connectivity index (χ3v) is 4.39. The summed E-state index contributed by atoms with van der Waals surface area (Å²) in [5.74, 6) is 1.32. The SMILES string of the molecule is O=c1[nH]c2nccc(Oc3ccc4cccnc4c3)c2c2ccccc12. The largest absolute Gasteiger partial charge is 0.456 e. The van der Waals surface area contributed by atoms with Crippen molar-refractivity contribution in [3.63, 3.8) is 0 Å². The smallest absolute Gasteiger partial charge is 0.257 e. The van der Waals surface area contributed by atoms with Crippen molar-refractivity contribution in [2.45, 2.75) is 0 Å². The first-order valence-corrected chi connectivity index (χ1v) is 8.22. The molecule has 0 aliphatic heterocycles. The molecule has 0 saturated carbocycles. The van der Waals surface area contributed by atoms with Gasteiger partial charge in [-0.1, -0.05) is 24.3 Å². The van der Waals surface area contributed by atoms with E-state index < -0.39 is 0 Å². The van der Waals surface area contributed by atoms with E-state index in [-0.39, 0.29) is 5.56 Å². The van der Waals surface area contributed by atoms with E-state index in [2.05, 4.69) is 15.0 Å². The van der Waals surface area contributed by atoms with Gasteiger partial charge in [-0.15, -0.1) is 0 Å². The van der Waals surface area contributed by atoms with E-state index in [4.69, 9.17) is 4.74 Å². The molecule has 5 heteroatoms. The van der Waals surface area contributed by atoms with Crippen molar-refractivity contribution < 1.29 is 4.74 Å². The molecule has 3 heterocycles. The molecule has 0 radical (unpaired) electrons. The number of aromatic nitrogens is 3. The first-order chi connectivity index (χ1) is 12.8. The number of pyridine rings is 3. The van der Waals surface area contributed by atoms with Crippen LogP contribution in [0.3, 0.4) is 0 Å². The van der Waals surface area contributed by atoms with Gasteiger partial charge < -0.3 is 9.72 Å². The van der Waals surface area contributed by atoms with Gasteiger partial charge in [0.05, 0.1) is 10.9 Å². The van der Waals surface area contributed by atoms with E-state index in [9.17, 15) is 4.79 Å². The maximum Gasteiger partial charge on any atom is 0.257 e. The fourth-order valence-electron chi connectivity index (χ4n) is 3.19. The number of hydrogen-bond donors (Lipinski definition) is 1. The Morgan fingerprint density at radius 1 is 0.846 bits per heavy atom. The van der Waals surface area contributed by atoms with Crippen molar-refractivity contribution in [3.05, 3.63) is 83.4 Å². The second-order valence-electron chi connectivity index (χ2n) is 5.99. The summed E-state index contributed by atoms with van der Waals surface area (Å²) in [5.41, 5.74) is 1.21. The minimum absolute atomic E-state index is 0.160. The van der Waals surface area contributed by atoms with Gasteiger partial charge in [0.25, 0.3) is 5.56 Å². The Balaban J connectivity index is 1.73. The number of fused-ring (bicyclic) bond motifs is 4. The van der Waals surface area contributed by atoms with E-state index in [0.29, 0.717) is 22.5 Å². The van der Waals surface area contributed by atoms with E-state index in [0.717, 1.165) is 21.7 Å². The van der Waals surface area contributed by atoms with Gasteiger partial charge in [0, 0.05) is 34.6 Å². The number of nitrogens with zero attached hydrogens (tertiary/aromatic N) is 2. The van der Waals surface area contributed by atoms with Gasteiger partial charge in [-0.05, 0) is 30.3 Å². The van der Waals surface area contributed by atoms with E-state index in [1.807, 2.05) is 48.5 Å². The normalized spacial score (nSPS) is 11.2. The van der Waals surface area contributed by atoms with Crippen molar-refractivity contribution in [3.8, 4) is 11.5 Å². The van der Waals surface area contributed by atoms with Gasteiger partial charge >= 0.3 is 0 Å². The molecule has 0 fully saturated rings. The highest BCUT2D eigenvalue weighted by atomic mass is 16.5. The molecule has 0 aliphatic rings. The van der Waals surface area contributed by atoms with Crippen molar-refractivity contribution in [2.24, 2.45) is 0 Å². The number of H-pyrrole nitrogens is 1. The molecule has 0 saturated heterocycles. The van der Waals surface area contributed by atoms with Crippen LogP contribution in [0.25, 0.3) is 32.7 Å². The van der Waals surface area contributed by atoms with E-state index >= 15 is 0 Å². The van der Waals surface area contributed by atoms with Gasteiger partial charge in [-0.25, -0.2) is 4.98 Å². The standard InChI is InChI=1S/C21H13N3O2/c25-21-16-6-2-1-5-15(16)19-18(9-11-23-20(19)24-21)26-14-8-7-13-4-3-10-22-17(13)12-14/h1-12H,(H,23,24,25). The van der Waals surface area contributed by atoms with Gasteiger partial charge in [0.15, 0.2) is 0 Å². The second-order valence-corrected chi connectivity index (χ2v) is 5.99. The first kappa shape index (κ1) is 14.6. The van der Waals surface area contributed by atoms with Crippen LogP contribution in [0.2, 0.25) is 0 Å². The van der Waals surface area contributed by atoms with E-state index in [1.54, 1.807) is 24.5 Å². The molecule has 124 valence electrons. The molecule has 5 aromatic rings. The zero-order chi connectivity index (χ0) is 17.5. The Labute approximate surface area is 147 Å². The Morgan fingerprint density at radius 2 is 1.73 bits per heavy atom. The van der Waals surface area contributed by atoms with Crippen LogP contribution in [0, 0.1) is 0 Å². The molecule has 2 aromatic carbocycles. The van der Waals surface area contributed by atoms with Crippen LogP contribution in [-0.4, -0.2) is 15.0 Å². The summed E-state index contributed by atoms with van der Waals surface area (Å²) >= 11 is 0. The van der Waals surface area contributed by atoms with Crippen LogP contribution in [0.1, 0.15) is 0 Å². The van der Waals surface area contributed by atoms with Gasteiger partial charge in [0.2, 0.25) is 0 Å². The zero-order valence-corrected chi connectivity index (χ0v) is 13.6. The van der Waals surface area contributed by atoms with Crippen LogP contribution < -0.4 is 10.3 Å². The molecule has 0 unspecified atom stereocenters. The molecule has 0 aliphatic carbocycles. The van der Waals surface area contributed by atoms with Crippen LogP contribution >= 0.6 is 0 Å². The summed E-state index contributed by atoms with van der Waals surface area (Å²) in [6.07, 6.45) is 3.38. The highest BCUT2D eigenvalue weighted by molar-refractivity contribution is 6.07. The molecule has 26 heavy (non-hydrogen) atoms. The maximum atomic E-state index is 12.3. The van der Waals surface area contributed by atoms with E-state index in [1.165, 1.54) is 0 Å². The summed E-state index contributed by atoms with van der Waals surface area (Å²) < 4.78 is 6.15. The Kier molecular flexibility index (Phi) is 3.18. The number of rotatable bonds is 2. The summed E-state index contributed by atoms with van der Waals surface area (Å²) in [4.78, 5) is 23.8. The molecule has 5 rings (SSSR count). The zero-order valence-electron chi connectivity index (χ0n) is 13.6. The minimum Gasteiger partial charge on any atom is -0.456 e. The lowest BCUT2D eigenvalue weighted by Gasteiger charge is -2.11. The van der Waals surface area contributed by atoms with Gasteiger partial charge in [-0.2, -0.15) is 0 Å². The molecular formula is C21H13N3O2. The third kappa shape index (κ3) is 2.29. The molecule has 0 atom stereocenters. The second kappa shape index (κ2) is 5.67. The molecular weight excluding hydrogens is 326 g/mol. The van der Waals surface area contributed by atoms with Crippen LogP contribution in [-0.2, 0) is 0 Å². The average molecular weight is 339 g/mol. The van der Waals surface area contributed by atoms with Crippen molar-refractivity contribution in [1.29, 1.82) is 0 Å². The minimum atomic E-state index is -0.160. The maximum absolute atomic E-state index is 12.3. The molecule has 0 spiro atoms. The number of nitrogens with one attached hydrogen (secondary N) is 1. The molecule has 5 nitrogen and oxygen atoms in total. The third-order valence-electron chi connectivity index (χ3n) is 4.39. The Morgan fingerprint density at radius 3 is 2.65 bits per heavy atom. The highest BCUT2D eigenvalue weighted by Gasteiger charge is 2.11. The number of benzene rings is 2. The van der Waals surface area contributed by atoms with Crippen LogP contribution in [0.15, 0.2) is 77.9 Å². The summed E-state index contributed by atoms with van der Waals surface area (Å²) in [6, 6.07) is 18.9. The average Bonchev–Trinajstić information content (AvgIpc) is 2.68. The monoisotopic (exact) mass is 339 g/mol. The molecule has 1 N–H and O–H groups in total. The number of hydrogen-bond acceptors (Lipinski definition) is 4. The quantitative estimate of drug-likeness (QED) is 0.484. The lowest BCUT2D eigenvalue weighted by molar-refractivity contribution is 0.489. The van der Waals surface area contributed by atoms with Gasteiger partial charge in [0.1, 0.15) is 17.1 Å². The molecule has 0 bridgehead atoms. The van der Waals surface area contributed by atoms with Crippen molar-refractivity contribution >= 4 is 32.7 Å². The predicted octanol–water partition coefficient (Wildman–Crippen LogP) is 4.42. The summed E-state index contributed by atoms with van der Waals surface area (Å²) in [7, 11) is 0. The van der Waals surface area contributed by atoms with Crippen molar-refractivity contribution in [1.82, 2.24) is 15.0 Å². The summed E-state index contributed by atoms with van der Waals surface area (Å²) in [5, 5.41) is 3.25. The fourth-order valence-corrected chi connectivity index (χ4v) is 3.19. The lowest BCUT2D eigenvalue weighted by atomic mass is 10.1. The predicted molar refractivity (Wildman–Crippen MR) is 102 cm³/mol. The number of ether oxygens (including phenoxy) is 1. The Hall–Kier alpha value is -3.73. The summed E-state index contributed by atoms with van der Waals surface area (Å²) in [6.45, 7) is 0. The van der Waals surface area contributed by atoms with Crippen LogP contribution in [0.5, 0.6) is 11.5 Å². The Bertz CT molecular complexity index is 1340.